The van der Waals surface area contributed by atoms with Crippen LogP contribution in [0.2, 0.25) is 0 Å². The predicted octanol–water partition coefficient (Wildman–Crippen LogP) is 3.45. The molecule has 3 saturated carbocycles. The van der Waals surface area contributed by atoms with Crippen molar-refractivity contribution in [2.45, 2.75) is 58.8 Å². The average Bonchev–Trinajstić information content (AvgIpc) is 3.47. The normalized spacial score (nSPS) is 27.3. The van der Waals surface area contributed by atoms with E-state index in [1.54, 1.807) is 0 Å². The quantitative estimate of drug-likeness (QED) is 0.684. The van der Waals surface area contributed by atoms with Gasteiger partial charge in [-0.1, -0.05) is 12.8 Å². The minimum Gasteiger partial charge on any atom is -0.351 e. The molecule has 5 nitrogen and oxygen atoms in total. The molecule has 1 aromatic heterocycles. The number of hydrogen-bond acceptors (Lipinski definition) is 4. The predicted molar refractivity (Wildman–Crippen MR) is 110 cm³/mol. The summed E-state index contributed by atoms with van der Waals surface area (Å²) in [6, 6.07) is 3.71. The molecule has 1 amide bonds. The van der Waals surface area contributed by atoms with Gasteiger partial charge in [0.15, 0.2) is 9.84 Å². The number of amides is 1. The molecule has 0 saturated heterocycles. The van der Waals surface area contributed by atoms with E-state index in [0.29, 0.717) is 29.5 Å². The summed E-state index contributed by atoms with van der Waals surface area (Å²) in [6.07, 6.45) is 7.70. The van der Waals surface area contributed by atoms with Gasteiger partial charge in [-0.25, -0.2) is 8.42 Å². The van der Waals surface area contributed by atoms with Crippen LogP contribution in [0.5, 0.6) is 0 Å². The number of nitrogens with one attached hydrogen (secondary N) is 1. The van der Waals surface area contributed by atoms with E-state index in [2.05, 4.69) is 10.3 Å². The summed E-state index contributed by atoms with van der Waals surface area (Å²) in [5.41, 5.74) is 2.39. The summed E-state index contributed by atoms with van der Waals surface area (Å²) in [5, 5.41) is 3.13. The molecule has 4 rings (SSSR count). The second kappa shape index (κ2) is 7.43. The summed E-state index contributed by atoms with van der Waals surface area (Å²) in [5.74, 6) is 2.11. The molecule has 0 unspecified atom stereocenters. The Balaban J connectivity index is 1.34. The molecule has 0 atom stereocenters. The van der Waals surface area contributed by atoms with E-state index < -0.39 is 9.84 Å². The monoisotopic (exact) mass is 404 g/mol. The van der Waals surface area contributed by atoms with Gasteiger partial charge in [-0.3, -0.25) is 9.78 Å². The third-order valence-corrected chi connectivity index (χ3v) is 8.59. The molecule has 0 spiro atoms. The molecule has 0 aliphatic heterocycles. The van der Waals surface area contributed by atoms with Crippen LogP contribution in [0.25, 0.3) is 0 Å². The van der Waals surface area contributed by atoms with Gasteiger partial charge in [-0.2, -0.15) is 0 Å². The number of carbonyl (C=O) groups is 1. The van der Waals surface area contributed by atoms with Crippen LogP contribution in [0.3, 0.4) is 0 Å². The molecule has 3 fully saturated rings. The van der Waals surface area contributed by atoms with E-state index in [1.807, 2.05) is 26.0 Å². The molecule has 6 heteroatoms. The van der Waals surface area contributed by atoms with Gasteiger partial charge in [0.2, 0.25) is 0 Å². The van der Waals surface area contributed by atoms with Gasteiger partial charge < -0.3 is 5.32 Å². The third kappa shape index (κ3) is 4.94. The first-order chi connectivity index (χ1) is 13.2. The largest absolute Gasteiger partial charge is 0.351 e. The van der Waals surface area contributed by atoms with E-state index in [0.717, 1.165) is 49.4 Å². The first-order valence-corrected chi connectivity index (χ1v) is 12.5. The molecule has 0 bridgehead atoms. The Morgan fingerprint density at radius 3 is 2.32 bits per heavy atom. The van der Waals surface area contributed by atoms with Crippen molar-refractivity contribution in [1.82, 2.24) is 10.3 Å². The van der Waals surface area contributed by atoms with E-state index in [4.69, 9.17) is 0 Å². The first-order valence-electron chi connectivity index (χ1n) is 10.7. The van der Waals surface area contributed by atoms with Gasteiger partial charge in [0.25, 0.3) is 5.91 Å². The zero-order chi connectivity index (χ0) is 19.9. The van der Waals surface area contributed by atoms with Crippen molar-refractivity contribution in [1.29, 1.82) is 0 Å². The lowest BCUT2D eigenvalue weighted by atomic mass is 9.60. The van der Waals surface area contributed by atoms with Crippen LogP contribution in [0.1, 0.15) is 66.7 Å². The topological polar surface area (TPSA) is 76.1 Å². The Labute approximate surface area is 168 Å². The SMILES string of the molecule is Cc1ccc(C(=O)NC[C@]2(CC3CC3)C[C@@H](CS(=O)(=O)CC3CC3)C2)c(C)n1. The molecular weight excluding hydrogens is 372 g/mol. The summed E-state index contributed by atoms with van der Waals surface area (Å²) in [7, 11) is -2.92. The highest BCUT2D eigenvalue weighted by Gasteiger charge is 2.48. The Morgan fingerprint density at radius 1 is 1.07 bits per heavy atom. The maximum absolute atomic E-state index is 12.7. The molecule has 0 aromatic carbocycles. The van der Waals surface area contributed by atoms with Crippen molar-refractivity contribution in [3.05, 3.63) is 29.1 Å². The number of hydrogen-bond donors (Lipinski definition) is 1. The minimum absolute atomic E-state index is 0.0648. The molecule has 1 N–H and O–H groups in total. The summed E-state index contributed by atoms with van der Waals surface area (Å²) >= 11 is 0. The third-order valence-electron chi connectivity index (χ3n) is 6.63. The lowest BCUT2D eigenvalue weighted by Crippen LogP contribution is -2.48. The van der Waals surface area contributed by atoms with E-state index in [1.165, 1.54) is 12.8 Å². The number of nitrogens with zero attached hydrogens (tertiary/aromatic N) is 1. The number of carbonyl (C=O) groups excluding carboxylic acids is 1. The second-order valence-electron chi connectivity index (χ2n) is 9.71. The zero-order valence-corrected chi connectivity index (χ0v) is 17.9. The van der Waals surface area contributed by atoms with Crippen LogP contribution in [0.4, 0.5) is 0 Å². The van der Waals surface area contributed by atoms with Gasteiger partial charge >= 0.3 is 0 Å². The Kier molecular flexibility index (Phi) is 5.27. The maximum atomic E-state index is 12.7. The van der Waals surface area contributed by atoms with Crippen LogP contribution in [-0.4, -0.2) is 37.4 Å². The number of aromatic nitrogens is 1. The minimum atomic E-state index is -2.92. The van der Waals surface area contributed by atoms with Crippen LogP contribution in [0, 0.1) is 37.0 Å². The van der Waals surface area contributed by atoms with Crippen molar-refractivity contribution in [3.8, 4) is 0 Å². The maximum Gasteiger partial charge on any atom is 0.253 e. The highest BCUT2D eigenvalue weighted by molar-refractivity contribution is 7.91. The summed E-state index contributed by atoms with van der Waals surface area (Å²) in [4.78, 5) is 17.0. The van der Waals surface area contributed by atoms with Gasteiger partial charge in [0.05, 0.1) is 22.8 Å². The number of pyridine rings is 1. The van der Waals surface area contributed by atoms with Crippen LogP contribution in [-0.2, 0) is 9.84 Å². The van der Waals surface area contributed by atoms with Crippen LogP contribution >= 0.6 is 0 Å². The van der Waals surface area contributed by atoms with Crippen molar-refractivity contribution < 1.29 is 13.2 Å². The average molecular weight is 405 g/mol. The number of aryl methyl sites for hydroxylation is 2. The fourth-order valence-corrected chi connectivity index (χ4v) is 7.10. The smallest absolute Gasteiger partial charge is 0.253 e. The van der Waals surface area contributed by atoms with Crippen molar-refractivity contribution in [2.75, 3.05) is 18.1 Å². The van der Waals surface area contributed by atoms with Crippen LogP contribution < -0.4 is 5.32 Å². The Morgan fingerprint density at radius 2 is 1.71 bits per heavy atom. The zero-order valence-electron chi connectivity index (χ0n) is 17.0. The van der Waals surface area contributed by atoms with Gasteiger partial charge in [0, 0.05) is 12.2 Å². The molecule has 1 heterocycles. The highest BCUT2D eigenvalue weighted by Crippen LogP contribution is 2.54. The van der Waals surface area contributed by atoms with E-state index >= 15 is 0 Å². The van der Waals surface area contributed by atoms with E-state index in [9.17, 15) is 13.2 Å². The fraction of sp³-hybridized carbons (Fsp3) is 0.727. The fourth-order valence-electron chi connectivity index (χ4n) is 4.96. The summed E-state index contributed by atoms with van der Waals surface area (Å²) < 4.78 is 24.7. The molecule has 0 radical (unpaired) electrons. The van der Waals surface area contributed by atoms with Gasteiger partial charge in [-0.05, 0) is 81.3 Å². The molecule has 3 aliphatic carbocycles. The number of sulfone groups is 1. The van der Waals surface area contributed by atoms with Crippen molar-refractivity contribution in [3.63, 3.8) is 0 Å². The number of rotatable bonds is 9. The second-order valence-corrected chi connectivity index (χ2v) is 11.9. The highest BCUT2D eigenvalue weighted by atomic mass is 32.2. The molecule has 1 aromatic rings. The molecule has 28 heavy (non-hydrogen) atoms. The van der Waals surface area contributed by atoms with Gasteiger partial charge in [0.1, 0.15) is 0 Å². The van der Waals surface area contributed by atoms with Crippen molar-refractivity contribution >= 4 is 15.7 Å². The molecule has 154 valence electrons. The Bertz CT molecular complexity index is 851. The van der Waals surface area contributed by atoms with Gasteiger partial charge in [-0.15, -0.1) is 0 Å². The standard InChI is InChI=1S/C22H32N2O3S/c1-15-3-8-20(16(2)24-15)21(25)23-14-22(9-17-4-5-17)10-19(11-22)13-28(26,27)12-18-6-7-18/h3,8,17-19H,4-7,9-14H2,1-2H3,(H,23,25)/t19-,22-. The lowest BCUT2D eigenvalue weighted by Gasteiger charge is -2.48. The first kappa shape index (κ1) is 19.9. The Hall–Kier alpha value is -1.43. The van der Waals surface area contributed by atoms with Crippen LogP contribution in [0.15, 0.2) is 12.1 Å². The lowest BCUT2D eigenvalue weighted by molar-refractivity contribution is 0.0475. The van der Waals surface area contributed by atoms with Crippen molar-refractivity contribution in [2.24, 2.45) is 23.2 Å². The molecular formula is C22H32N2O3S. The van der Waals surface area contributed by atoms with E-state index in [-0.39, 0.29) is 17.2 Å². The molecule has 3 aliphatic rings. The summed E-state index contributed by atoms with van der Waals surface area (Å²) in [6.45, 7) is 4.44.